The molecule has 0 unspecified atom stereocenters. The van der Waals surface area contributed by atoms with Crippen molar-refractivity contribution in [2.45, 2.75) is 36.1 Å². The fourth-order valence-corrected chi connectivity index (χ4v) is 10.4. The first-order chi connectivity index (χ1) is 38.9. The van der Waals surface area contributed by atoms with Crippen LogP contribution in [0.1, 0.15) is 55.2 Å². The summed E-state index contributed by atoms with van der Waals surface area (Å²) in [5, 5.41) is 22.2. The normalized spacial score (nSPS) is 16.9. The van der Waals surface area contributed by atoms with Gasteiger partial charge in [-0.1, -0.05) is 133 Å². The van der Waals surface area contributed by atoms with Crippen LogP contribution in [0, 0.1) is 23.5 Å². The molecule has 0 aliphatic carbocycles. The maximum Gasteiger partial charge on any atom is 0.516 e. The van der Waals surface area contributed by atoms with Crippen LogP contribution in [0.15, 0.2) is 182 Å². The molecule has 0 fully saturated rings. The number of nitrogens with one attached hydrogen (secondary N) is 2. The summed E-state index contributed by atoms with van der Waals surface area (Å²) in [5.74, 6) is -4.80. The van der Waals surface area contributed by atoms with Gasteiger partial charge in [0.25, 0.3) is 11.8 Å². The number of hydrogen-bond acceptors (Lipinski definition) is 10. The maximum atomic E-state index is 14.1. The van der Waals surface area contributed by atoms with Crippen molar-refractivity contribution in [3.63, 3.8) is 0 Å². The molecule has 22 heteroatoms. The number of carbonyl (C=O) groups excluding carboxylic acids is 2. The molecule has 0 bridgehead atoms. The number of carbonyl (C=O) groups is 2. The zero-order valence-electron chi connectivity index (χ0n) is 42.5. The van der Waals surface area contributed by atoms with Gasteiger partial charge in [0, 0.05) is 34.1 Å². The molecule has 0 aromatic heterocycles. The van der Waals surface area contributed by atoms with Crippen molar-refractivity contribution < 1.29 is 81.2 Å². The third-order valence-corrected chi connectivity index (χ3v) is 15.8. The molecule has 82 heavy (non-hydrogen) atoms. The Balaban J connectivity index is 0.000000198. The summed E-state index contributed by atoms with van der Waals surface area (Å²) in [7, 11) is -12.0. The van der Waals surface area contributed by atoms with Gasteiger partial charge < -0.3 is 19.7 Å². The minimum atomic E-state index is -5.98. The highest BCUT2D eigenvalue weighted by atomic mass is 32.2. The van der Waals surface area contributed by atoms with Crippen LogP contribution in [0.25, 0.3) is 44.5 Å². The lowest BCUT2D eigenvalue weighted by Crippen LogP contribution is -2.40. The second kappa shape index (κ2) is 23.6. The van der Waals surface area contributed by atoms with Crippen molar-refractivity contribution >= 4 is 31.9 Å². The number of benzene rings is 8. The molecular weight excluding hydrogens is 1120 g/mol. The van der Waals surface area contributed by atoms with Gasteiger partial charge in [-0.2, -0.15) is 43.2 Å². The Morgan fingerprint density at radius 1 is 0.451 bits per heavy atom. The van der Waals surface area contributed by atoms with E-state index < -0.39 is 77.8 Å². The zero-order chi connectivity index (χ0) is 58.7. The van der Waals surface area contributed by atoms with Crippen LogP contribution in [-0.4, -0.2) is 63.1 Å². The number of rotatable bonds is 12. The predicted molar refractivity (Wildman–Crippen MR) is 288 cm³/mol. The maximum absolute atomic E-state index is 14.1. The van der Waals surface area contributed by atoms with Gasteiger partial charge in [-0.05, 0) is 117 Å². The SMILES string of the molecule is O=C(NS(=O)(=O)C(F)(F)F)c1ccc(F)cc1-c1ccc2c(c1)OC[C@@H](Cc1ccc(-c3ccccc3)cc1)[C@H]2O.O=C(NS(=O)(=O)C(F)(F)F)c1ccc(F)cc1-c1ccc2c(c1)OC[C@H](Cc1ccc(-c3ccccc3)cc1)[C@@H]2O. The third kappa shape index (κ3) is 13.0. The summed E-state index contributed by atoms with van der Waals surface area (Å²) in [6, 6.07) is 49.8. The molecule has 12 nitrogen and oxygen atoms in total. The van der Waals surface area contributed by atoms with Crippen LogP contribution in [0.3, 0.4) is 0 Å². The van der Waals surface area contributed by atoms with E-state index in [1.165, 1.54) is 36.4 Å². The molecule has 2 amide bonds. The number of fused-ring (bicyclic) bond motifs is 2. The quantitative estimate of drug-likeness (QED) is 0.0858. The summed E-state index contributed by atoms with van der Waals surface area (Å²) >= 11 is 0. The van der Waals surface area contributed by atoms with Crippen molar-refractivity contribution in [2.24, 2.45) is 11.8 Å². The summed E-state index contributed by atoms with van der Waals surface area (Å²) in [4.78, 5) is 25.0. The number of alkyl halides is 6. The third-order valence-electron chi connectivity index (χ3n) is 13.7. The van der Waals surface area contributed by atoms with Crippen molar-refractivity contribution in [1.29, 1.82) is 0 Å². The smallest absolute Gasteiger partial charge is 0.493 e. The van der Waals surface area contributed by atoms with Gasteiger partial charge in [0.05, 0.1) is 25.4 Å². The first-order valence-corrected chi connectivity index (χ1v) is 27.9. The predicted octanol–water partition coefficient (Wildman–Crippen LogP) is 12.0. The van der Waals surface area contributed by atoms with Crippen LogP contribution in [-0.2, 0) is 32.9 Å². The Kier molecular flexibility index (Phi) is 16.7. The molecule has 424 valence electrons. The van der Waals surface area contributed by atoms with E-state index in [4.69, 9.17) is 9.47 Å². The molecule has 4 atom stereocenters. The Bertz CT molecular complexity index is 3640. The molecule has 2 heterocycles. The van der Waals surface area contributed by atoms with E-state index in [1.807, 2.05) is 109 Å². The fraction of sp³-hybridized carbons (Fsp3) is 0.167. The molecule has 8 aromatic carbocycles. The molecule has 10 rings (SSSR count). The molecule has 0 saturated carbocycles. The van der Waals surface area contributed by atoms with Gasteiger partial charge in [-0.25, -0.2) is 18.2 Å². The van der Waals surface area contributed by atoms with Crippen LogP contribution in [0.4, 0.5) is 35.1 Å². The molecule has 8 aromatic rings. The average Bonchev–Trinajstić information content (AvgIpc) is 3.50. The lowest BCUT2D eigenvalue weighted by Gasteiger charge is -2.31. The van der Waals surface area contributed by atoms with Gasteiger partial charge in [-0.3, -0.25) is 9.59 Å². The lowest BCUT2D eigenvalue weighted by molar-refractivity contribution is -0.0451. The minimum absolute atomic E-state index is 0.151. The molecule has 0 saturated heterocycles. The first-order valence-electron chi connectivity index (χ1n) is 24.9. The summed E-state index contributed by atoms with van der Waals surface area (Å²) in [6.45, 7) is 0.302. The Labute approximate surface area is 464 Å². The number of aliphatic hydroxyl groups excluding tert-OH is 2. The second-order valence-electron chi connectivity index (χ2n) is 19.2. The molecular formula is C60H46F8N2O10S2. The van der Waals surface area contributed by atoms with E-state index in [2.05, 4.69) is 0 Å². The van der Waals surface area contributed by atoms with Gasteiger partial charge >= 0.3 is 31.1 Å². The van der Waals surface area contributed by atoms with Crippen molar-refractivity contribution in [1.82, 2.24) is 9.44 Å². The van der Waals surface area contributed by atoms with Crippen molar-refractivity contribution in [2.75, 3.05) is 13.2 Å². The van der Waals surface area contributed by atoms with E-state index >= 15 is 0 Å². The number of amides is 2. The number of sulfonamides is 2. The highest BCUT2D eigenvalue weighted by molar-refractivity contribution is 7.91. The van der Waals surface area contributed by atoms with E-state index in [1.54, 1.807) is 0 Å². The van der Waals surface area contributed by atoms with Crippen LogP contribution >= 0.6 is 0 Å². The highest BCUT2D eigenvalue weighted by Crippen LogP contribution is 2.42. The number of ether oxygens (including phenoxy) is 2. The fourth-order valence-electron chi connectivity index (χ4n) is 9.48. The number of aliphatic hydroxyl groups is 2. The summed E-state index contributed by atoms with van der Waals surface area (Å²) < 4.78 is 164. The van der Waals surface area contributed by atoms with Crippen LogP contribution < -0.4 is 18.9 Å². The molecule has 2 aliphatic heterocycles. The summed E-state index contributed by atoms with van der Waals surface area (Å²) in [6.07, 6.45) is -0.763. The van der Waals surface area contributed by atoms with Crippen LogP contribution in [0.5, 0.6) is 11.5 Å². The van der Waals surface area contributed by atoms with Crippen molar-refractivity contribution in [3.05, 3.63) is 227 Å². The van der Waals surface area contributed by atoms with Gasteiger partial charge in [0.15, 0.2) is 0 Å². The molecule has 2 aliphatic rings. The van der Waals surface area contributed by atoms with Gasteiger partial charge in [-0.15, -0.1) is 0 Å². The monoisotopic (exact) mass is 1170 g/mol. The van der Waals surface area contributed by atoms with Gasteiger partial charge in [0.1, 0.15) is 23.1 Å². The first kappa shape index (κ1) is 58.2. The second-order valence-corrected chi connectivity index (χ2v) is 22.6. The van der Waals surface area contributed by atoms with Crippen LogP contribution in [0.2, 0.25) is 0 Å². The standard InChI is InChI=1S/2C30H23F4NO5S/c2*31-23-11-13-24(29(37)35-41(38,39)30(32,33)34)26(16-23)21-10-12-25-27(15-21)40-17-22(28(25)36)14-18-6-8-20(9-7-18)19-4-2-1-3-5-19/h2*1-13,15-16,22,28,36H,14,17H2,(H,35,37)/t2*22-,28-/m10/s1. The Hall–Kier alpha value is -8.44. The molecule has 0 spiro atoms. The highest BCUT2D eigenvalue weighted by Gasteiger charge is 2.48. The Morgan fingerprint density at radius 3 is 1.12 bits per heavy atom. The zero-order valence-corrected chi connectivity index (χ0v) is 44.1. The lowest BCUT2D eigenvalue weighted by atomic mass is 9.86. The average molecular weight is 1170 g/mol. The van der Waals surface area contributed by atoms with E-state index in [0.29, 0.717) is 24.0 Å². The largest absolute Gasteiger partial charge is 0.516 e. The molecule has 4 N–H and O–H groups in total. The summed E-state index contributed by atoms with van der Waals surface area (Å²) in [5.41, 5.74) is -5.13. The minimum Gasteiger partial charge on any atom is -0.493 e. The van der Waals surface area contributed by atoms with Gasteiger partial charge in [0.2, 0.25) is 0 Å². The van der Waals surface area contributed by atoms with E-state index in [-0.39, 0.29) is 58.8 Å². The molecule has 0 radical (unpaired) electrons. The Morgan fingerprint density at radius 2 is 0.780 bits per heavy atom. The topological polar surface area (TPSA) is 185 Å². The number of halogens is 8. The van der Waals surface area contributed by atoms with Crippen molar-refractivity contribution in [3.8, 4) is 56.0 Å². The number of hydrogen-bond donors (Lipinski definition) is 4. The van der Waals surface area contributed by atoms with E-state index in [9.17, 15) is 71.8 Å². The van der Waals surface area contributed by atoms with E-state index in [0.717, 1.165) is 79.2 Å².